The van der Waals surface area contributed by atoms with Crippen LogP contribution >= 0.6 is 15.9 Å². The van der Waals surface area contributed by atoms with Gasteiger partial charge >= 0.3 is 0 Å². The van der Waals surface area contributed by atoms with Crippen molar-refractivity contribution in [2.75, 3.05) is 11.9 Å². The fourth-order valence-corrected chi connectivity index (χ4v) is 3.46. The number of hydrogen-bond donors (Lipinski definition) is 0. The summed E-state index contributed by atoms with van der Waals surface area (Å²) in [5, 5.41) is 0.707. The van der Waals surface area contributed by atoms with Crippen molar-refractivity contribution in [1.82, 2.24) is 0 Å². The zero-order valence-electron chi connectivity index (χ0n) is 11.4. The second kappa shape index (κ2) is 7.39. The first-order valence-corrected chi connectivity index (χ1v) is 8.24. The zero-order valence-corrected chi connectivity index (χ0v) is 13.0. The van der Waals surface area contributed by atoms with Gasteiger partial charge < -0.3 is 4.74 Å². The van der Waals surface area contributed by atoms with Crippen molar-refractivity contribution in [2.24, 2.45) is 11.8 Å². The Morgan fingerprint density at radius 1 is 1.42 bits per heavy atom. The van der Waals surface area contributed by atoms with Gasteiger partial charge in [-0.25, -0.2) is 4.39 Å². The summed E-state index contributed by atoms with van der Waals surface area (Å²) in [6, 6.07) is 6.71. The van der Waals surface area contributed by atoms with Gasteiger partial charge in [0.05, 0.1) is 12.7 Å². The monoisotopic (exact) mass is 328 g/mol. The molecule has 2 rings (SSSR count). The van der Waals surface area contributed by atoms with Gasteiger partial charge in [-0.1, -0.05) is 47.8 Å². The Morgan fingerprint density at radius 3 is 2.95 bits per heavy atom. The van der Waals surface area contributed by atoms with Gasteiger partial charge in [-0.15, -0.1) is 0 Å². The van der Waals surface area contributed by atoms with Crippen LogP contribution in [0.5, 0.6) is 0 Å². The average Bonchev–Trinajstić information content (AvgIpc) is 2.40. The van der Waals surface area contributed by atoms with Crippen LogP contribution in [0.4, 0.5) is 4.39 Å². The van der Waals surface area contributed by atoms with Crippen LogP contribution in [0, 0.1) is 17.7 Å². The molecule has 0 bridgehead atoms. The summed E-state index contributed by atoms with van der Waals surface area (Å²) in [6.07, 6.45) is 5.14. The highest BCUT2D eigenvalue weighted by molar-refractivity contribution is 9.09. The summed E-state index contributed by atoms with van der Waals surface area (Å²) in [5.41, 5.74) is 0.917. The lowest BCUT2D eigenvalue weighted by molar-refractivity contribution is 0.0278. The lowest BCUT2D eigenvalue weighted by Gasteiger charge is -2.28. The average molecular weight is 329 g/mol. The molecule has 106 valence electrons. The quantitative estimate of drug-likeness (QED) is 0.683. The van der Waals surface area contributed by atoms with Gasteiger partial charge in [0, 0.05) is 5.33 Å². The molecule has 0 spiro atoms. The molecule has 0 heterocycles. The van der Waals surface area contributed by atoms with Crippen LogP contribution in [-0.2, 0) is 4.74 Å². The second-order valence-corrected chi connectivity index (χ2v) is 6.32. The molecule has 0 aromatic heterocycles. The molecule has 0 radical (unpaired) electrons. The summed E-state index contributed by atoms with van der Waals surface area (Å²) in [4.78, 5) is 0. The van der Waals surface area contributed by atoms with Gasteiger partial charge in [-0.2, -0.15) is 0 Å². The Morgan fingerprint density at radius 2 is 2.26 bits per heavy atom. The molecule has 1 aromatic carbocycles. The number of ether oxygens (including phenoxy) is 1. The molecule has 19 heavy (non-hydrogen) atoms. The maximum atomic E-state index is 13.2. The van der Waals surface area contributed by atoms with Crippen LogP contribution in [0.25, 0.3) is 0 Å². The Labute approximate surface area is 123 Å². The number of hydrogen-bond acceptors (Lipinski definition) is 1. The Hall–Kier alpha value is -0.410. The van der Waals surface area contributed by atoms with Crippen LogP contribution in [0.15, 0.2) is 24.3 Å². The minimum Gasteiger partial charge on any atom is -0.372 e. The minimum atomic E-state index is -0.196. The Balaban J connectivity index is 1.89. The molecule has 3 atom stereocenters. The van der Waals surface area contributed by atoms with E-state index in [0.29, 0.717) is 11.2 Å². The number of halogens is 2. The van der Waals surface area contributed by atoms with Crippen molar-refractivity contribution in [3.63, 3.8) is 0 Å². The topological polar surface area (TPSA) is 9.23 Å². The predicted octanol–water partition coefficient (Wildman–Crippen LogP) is 5.10. The summed E-state index contributed by atoms with van der Waals surface area (Å²) in [7, 11) is 0. The molecule has 0 aliphatic heterocycles. The molecule has 3 heteroatoms. The van der Waals surface area contributed by atoms with Crippen molar-refractivity contribution >= 4 is 15.9 Å². The molecule has 1 saturated carbocycles. The number of rotatable bonds is 5. The SMILES string of the molecule is CC1CCCC(COC(CBr)c2cccc(F)c2)C1. The maximum absolute atomic E-state index is 13.2. The number of benzene rings is 1. The highest BCUT2D eigenvalue weighted by atomic mass is 79.9. The predicted molar refractivity (Wildman–Crippen MR) is 80.0 cm³/mol. The molecule has 3 unspecified atom stereocenters. The molecular weight excluding hydrogens is 307 g/mol. The van der Waals surface area contributed by atoms with E-state index in [1.165, 1.54) is 31.7 Å². The van der Waals surface area contributed by atoms with E-state index in [0.717, 1.165) is 18.1 Å². The standard InChI is InChI=1S/C16H22BrFO/c1-12-4-2-5-13(8-12)11-19-16(10-17)14-6-3-7-15(18)9-14/h3,6-7,9,12-13,16H,2,4-5,8,10-11H2,1H3. The molecule has 1 aliphatic carbocycles. The molecule has 0 N–H and O–H groups in total. The van der Waals surface area contributed by atoms with Crippen molar-refractivity contribution < 1.29 is 9.13 Å². The molecule has 1 aromatic rings. The normalized spacial score (nSPS) is 25.2. The first-order valence-electron chi connectivity index (χ1n) is 7.12. The Kier molecular flexibility index (Phi) is 5.83. The second-order valence-electron chi connectivity index (χ2n) is 5.67. The lowest BCUT2D eigenvalue weighted by Crippen LogP contribution is -2.20. The molecule has 1 aliphatic rings. The van der Waals surface area contributed by atoms with Gasteiger partial charge in [0.2, 0.25) is 0 Å². The van der Waals surface area contributed by atoms with Crippen LogP contribution in [0.2, 0.25) is 0 Å². The summed E-state index contributed by atoms with van der Waals surface area (Å²) < 4.78 is 19.2. The van der Waals surface area contributed by atoms with E-state index in [9.17, 15) is 4.39 Å². The van der Waals surface area contributed by atoms with E-state index in [1.807, 2.05) is 6.07 Å². The van der Waals surface area contributed by atoms with Crippen LogP contribution in [0.1, 0.15) is 44.3 Å². The van der Waals surface area contributed by atoms with Crippen LogP contribution < -0.4 is 0 Å². The summed E-state index contributed by atoms with van der Waals surface area (Å²) >= 11 is 3.47. The molecule has 1 nitrogen and oxygen atoms in total. The smallest absolute Gasteiger partial charge is 0.123 e. The highest BCUT2D eigenvalue weighted by Gasteiger charge is 2.21. The van der Waals surface area contributed by atoms with Gasteiger partial charge in [0.25, 0.3) is 0 Å². The van der Waals surface area contributed by atoms with Crippen molar-refractivity contribution in [1.29, 1.82) is 0 Å². The molecule has 0 saturated heterocycles. The molecular formula is C16H22BrFO. The fourth-order valence-electron chi connectivity index (χ4n) is 2.90. The third-order valence-electron chi connectivity index (χ3n) is 3.94. The zero-order chi connectivity index (χ0) is 13.7. The maximum Gasteiger partial charge on any atom is 0.123 e. The molecule has 1 fully saturated rings. The summed E-state index contributed by atoms with van der Waals surface area (Å²) in [6.45, 7) is 3.11. The van der Waals surface area contributed by atoms with Gasteiger partial charge in [0.1, 0.15) is 5.82 Å². The van der Waals surface area contributed by atoms with E-state index in [4.69, 9.17) is 4.74 Å². The third kappa shape index (κ3) is 4.57. The van der Waals surface area contributed by atoms with E-state index in [1.54, 1.807) is 12.1 Å². The van der Waals surface area contributed by atoms with Gasteiger partial charge in [-0.05, 0) is 42.4 Å². The summed E-state index contributed by atoms with van der Waals surface area (Å²) in [5.74, 6) is 1.29. The highest BCUT2D eigenvalue weighted by Crippen LogP contribution is 2.30. The lowest BCUT2D eigenvalue weighted by atomic mass is 9.83. The van der Waals surface area contributed by atoms with Crippen molar-refractivity contribution in [3.8, 4) is 0 Å². The van der Waals surface area contributed by atoms with Gasteiger partial charge in [0.15, 0.2) is 0 Å². The van der Waals surface area contributed by atoms with Crippen LogP contribution in [0.3, 0.4) is 0 Å². The minimum absolute atomic E-state index is 0.0482. The number of alkyl halides is 1. The third-order valence-corrected chi connectivity index (χ3v) is 4.53. The van der Waals surface area contributed by atoms with Gasteiger partial charge in [-0.3, -0.25) is 0 Å². The first kappa shape index (κ1) is 15.0. The first-order chi connectivity index (χ1) is 9.19. The fraction of sp³-hybridized carbons (Fsp3) is 0.625. The van der Waals surface area contributed by atoms with E-state index >= 15 is 0 Å². The van der Waals surface area contributed by atoms with Crippen LogP contribution in [-0.4, -0.2) is 11.9 Å². The van der Waals surface area contributed by atoms with E-state index < -0.39 is 0 Å². The van der Waals surface area contributed by atoms with Crippen molar-refractivity contribution in [2.45, 2.75) is 38.7 Å². The Bertz CT molecular complexity index is 396. The largest absolute Gasteiger partial charge is 0.372 e. The van der Waals surface area contributed by atoms with E-state index in [-0.39, 0.29) is 11.9 Å². The van der Waals surface area contributed by atoms with E-state index in [2.05, 4.69) is 22.9 Å². The van der Waals surface area contributed by atoms with Crippen molar-refractivity contribution in [3.05, 3.63) is 35.6 Å². The molecule has 0 amide bonds.